The molecule has 9 heteroatoms. The van der Waals surface area contributed by atoms with Gasteiger partial charge in [0.2, 0.25) is 5.91 Å². The Kier molecular flexibility index (Phi) is 6.20. The predicted octanol–water partition coefficient (Wildman–Crippen LogP) is 1.84. The number of carbonyl (C=O) groups is 4. The molecular formula is C17H20ClN3O5. The van der Waals surface area contributed by atoms with Crippen LogP contribution in [0.3, 0.4) is 0 Å². The van der Waals surface area contributed by atoms with Gasteiger partial charge in [0.1, 0.15) is 0 Å². The number of rotatable bonds is 5. The van der Waals surface area contributed by atoms with E-state index >= 15 is 0 Å². The fourth-order valence-electron chi connectivity index (χ4n) is 2.62. The molecule has 1 heterocycles. The van der Waals surface area contributed by atoms with Crippen molar-refractivity contribution in [1.29, 1.82) is 0 Å². The number of halogens is 1. The van der Waals surface area contributed by atoms with Gasteiger partial charge in [-0.15, -0.1) is 0 Å². The Bertz CT molecular complexity index is 750. The summed E-state index contributed by atoms with van der Waals surface area (Å²) in [5, 5.41) is 2.24. The maximum Gasteiger partial charge on any atom is 0.338 e. The van der Waals surface area contributed by atoms with Crippen LogP contribution in [-0.2, 0) is 14.3 Å². The number of benzene rings is 1. The average Bonchev–Trinajstić information content (AvgIpc) is 2.97. The van der Waals surface area contributed by atoms with Gasteiger partial charge in [-0.25, -0.2) is 9.59 Å². The Hall–Kier alpha value is -2.61. The van der Waals surface area contributed by atoms with Crippen LogP contribution in [0, 0.1) is 5.92 Å². The van der Waals surface area contributed by atoms with Gasteiger partial charge in [-0.05, 0) is 30.5 Å². The number of hydrogen-bond acceptors (Lipinski definition) is 5. The first-order valence-corrected chi connectivity index (χ1v) is 8.49. The molecule has 8 nitrogen and oxygen atoms in total. The maximum absolute atomic E-state index is 12.4. The Morgan fingerprint density at radius 1 is 1.31 bits per heavy atom. The summed E-state index contributed by atoms with van der Waals surface area (Å²) in [6.45, 7) is 3.84. The molecule has 1 saturated heterocycles. The molecular weight excluding hydrogens is 362 g/mol. The van der Waals surface area contributed by atoms with Gasteiger partial charge in [0.05, 0.1) is 16.3 Å². The summed E-state index contributed by atoms with van der Waals surface area (Å²) in [5.74, 6) is -2.03. The van der Waals surface area contributed by atoms with Crippen LogP contribution < -0.4 is 16.0 Å². The zero-order valence-electron chi connectivity index (χ0n) is 14.5. The van der Waals surface area contributed by atoms with E-state index in [4.69, 9.17) is 22.1 Å². The SMILES string of the molecule is CC(C)[C@H](OC(=O)c1ccc(Cl)c(N2CCCC2=O)c1)C(=O)NC(N)=O. The lowest BCUT2D eigenvalue weighted by Gasteiger charge is -2.21. The molecule has 1 aromatic rings. The predicted molar refractivity (Wildman–Crippen MR) is 94.8 cm³/mol. The van der Waals surface area contributed by atoms with Crippen LogP contribution in [0.4, 0.5) is 10.5 Å². The number of ether oxygens (including phenoxy) is 1. The molecule has 0 bridgehead atoms. The lowest BCUT2D eigenvalue weighted by atomic mass is 10.1. The smallest absolute Gasteiger partial charge is 0.338 e. The minimum atomic E-state index is -1.19. The summed E-state index contributed by atoms with van der Waals surface area (Å²) in [5.41, 5.74) is 5.49. The van der Waals surface area contributed by atoms with Gasteiger partial charge in [-0.2, -0.15) is 0 Å². The van der Waals surface area contributed by atoms with Crippen LogP contribution in [0.25, 0.3) is 0 Å². The Morgan fingerprint density at radius 2 is 2.00 bits per heavy atom. The highest BCUT2D eigenvalue weighted by atomic mass is 35.5. The van der Waals surface area contributed by atoms with E-state index in [2.05, 4.69) is 0 Å². The third-order valence-electron chi connectivity index (χ3n) is 3.89. The molecule has 1 aliphatic heterocycles. The summed E-state index contributed by atoms with van der Waals surface area (Å²) < 4.78 is 5.24. The highest BCUT2D eigenvalue weighted by molar-refractivity contribution is 6.34. The fourth-order valence-corrected chi connectivity index (χ4v) is 2.84. The quantitative estimate of drug-likeness (QED) is 0.754. The fraction of sp³-hybridized carbons (Fsp3) is 0.412. The van der Waals surface area contributed by atoms with Gasteiger partial charge in [-0.3, -0.25) is 14.9 Å². The van der Waals surface area contributed by atoms with Crippen molar-refractivity contribution in [3.8, 4) is 0 Å². The minimum absolute atomic E-state index is 0.0710. The summed E-state index contributed by atoms with van der Waals surface area (Å²) in [4.78, 5) is 48.7. The molecule has 0 unspecified atom stereocenters. The lowest BCUT2D eigenvalue weighted by Crippen LogP contribution is -2.45. The van der Waals surface area contributed by atoms with E-state index in [1.807, 2.05) is 5.32 Å². The van der Waals surface area contributed by atoms with Gasteiger partial charge in [0.25, 0.3) is 5.91 Å². The first-order valence-electron chi connectivity index (χ1n) is 8.12. The molecule has 1 atom stereocenters. The molecule has 3 N–H and O–H groups in total. The summed E-state index contributed by atoms with van der Waals surface area (Å²) >= 11 is 6.15. The monoisotopic (exact) mass is 381 g/mol. The lowest BCUT2D eigenvalue weighted by molar-refractivity contribution is -0.130. The average molecular weight is 382 g/mol. The van der Waals surface area contributed by atoms with E-state index in [1.54, 1.807) is 13.8 Å². The van der Waals surface area contributed by atoms with Crippen molar-refractivity contribution < 1.29 is 23.9 Å². The summed E-state index contributed by atoms with van der Waals surface area (Å²) in [6, 6.07) is 3.36. The number of amides is 4. The van der Waals surface area contributed by atoms with E-state index in [9.17, 15) is 19.2 Å². The second-order valence-electron chi connectivity index (χ2n) is 6.24. The second-order valence-corrected chi connectivity index (χ2v) is 6.65. The van der Waals surface area contributed by atoms with E-state index in [-0.39, 0.29) is 17.4 Å². The Balaban J connectivity index is 2.21. The molecule has 1 aromatic carbocycles. The van der Waals surface area contributed by atoms with E-state index in [0.717, 1.165) is 0 Å². The summed E-state index contributed by atoms with van der Waals surface area (Å²) in [7, 11) is 0. The minimum Gasteiger partial charge on any atom is -0.448 e. The zero-order chi connectivity index (χ0) is 19.4. The van der Waals surface area contributed by atoms with Crippen LogP contribution in [-0.4, -0.2) is 36.5 Å². The van der Waals surface area contributed by atoms with Crippen molar-refractivity contribution in [2.24, 2.45) is 11.7 Å². The van der Waals surface area contributed by atoms with Gasteiger partial charge in [0, 0.05) is 13.0 Å². The molecule has 0 aromatic heterocycles. The first-order chi connectivity index (χ1) is 12.2. The molecule has 26 heavy (non-hydrogen) atoms. The number of urea groups is 1. The second kappa shape index (κ2) is 8.18. The van der Waals surface area contributed by atoms with Crippen molar-refractivity contribution in [2.45, 2.75) is 32.8 Å². The molecule has 1 fully saturated rings. The van der Waals surface area contributed by atoms with Crippen LogP contribution in [0.1, 0.15) is 37.0 Å². The van der Waals surface area contributed by atoms with Crippen molar-refractivity contribution in [1.82, 2.24) is 5.32 Å². The van der Waals surface area contributed by atoms with Gasteiger partial charge >= 0.3 is 12.0 Å². The van der Waals surface area contributed by atoms with Gasteiger partial charge in [-0.1, -0.05) is 25.4 Å². The molecule has 140 valence electrons. The highest BCUT2D eigenvalue weighted by Crippen LogP contribution is 2.30. The molecule has 0 aliphatic carbocycles. The van der Waals surface area contributed by atoms with Crippen LogP contribution in [0.5, 0.6) is 0 Å². The molecule has 0 spiro atoms. The van der Waals surface area contributed by atoms with Crippen LogP contribution in [0.2, 0.25) is 5.02 Å². The highest BCUT2D eigenvalue weighted by Gasteiger charge is 2.29. The number of nitrogens with one attached hydrogen (secondary N) is 1. The number of nitrogens with two attached hydrogens (primary N) is 1. The molecule has 0 radical (unpaired) electrons. The summed E-state index contributed by atoms with van der Waals surface area (Å²) in [6.07, 6.45) is -0.0529. The largest absolute Gasteiger partial charge is 0.448 e. The number of hydrogen-bond donors (Lipinski definition) is 2. The third kappa shape index (κ3) is 4.51. The Labute approximate surface area is 155 Å². The number of imide groups is 1. The number of primary amides is 1. The Morgan fingerprint density at radius 3 is 2.54 bits per heavy atom. The van der Waals surface area contributed by atoms with Crippen molar-refractivity contribution in [3.05, 3.63) is 28.8 Å². The van der Waals surface area contributed by atoms with E-state index < -0.39 is 24.0 Å². The van der Waals surface area contributed by atoms with Gasteiger partial charge in [0.15, 0.2) is 6.10 Å². The number of nitrogens with zero attached hydrogens (tertiary/aromatic N) is 1. The normalized spacial score (nSPS) is 15.1. The topological polar surface area (TPSA) is 119 Å². The molecule has 1 aliphatic rings. The standard InChI is InChI=1S/C17H20ClN3O5/c1-9(2)14(15(23)20-17(19)25)26-16(24)10-5-6-11(18)12(8-10)21-7-3-4-13(21)22/h5-6,8-9,14H,3-4,7H2,1-2H3,(H3,19,20,23,25)/t14-/m0/s1. The van der Waals surface area contributed by atoms with Crippen molar-refractivity contribution in [3.63, 3.8) is 0 Å². The first kappa shape index (κ1) is 19.7. The van der Waals surface area contributed by atoms with Crippen LogP contribution in [0.15, 0.2) is 18.2 Å². The third-order valence-corrected chi connectivity index (χ3v) is 4.21. The number of carbonyl (C=O) groups excluding carboxylic acids is 4. The molecule has 0 saturated carbocycles. The maximum atomic E-state index is 12.4. The zero-order valence-corrected chi connectivity index (χ0v) is 15.2. The van der Waals surface area contributed by atoms with E-state index in [1.165, 1.54) is 23.1 Å². The van der Waals surface area contributed by atoms with Gasteiger partial charge < -0.3 is 15.4 Å². The van der Waals surface area contributed by atoms with Crippen molar-refractivity contribution >= 4 is 41.1 Å². The van der Waals surface area contributed by atoms with E-state index in [0.29, 0.717) is 30.1 Å². The number of anilines is 1. The number of esters is 1. The molecule has 4 amide bonds. The van der Waals surface area contributed by atoms with Crippen LogP contribution >= 0.6 is 11.6 Å². The van der Waals surface area contributed by atoms with Crippen molar-refractivity contribution in [2.75, 3.05) is 11.4 Å². The molecule has 2 rings (SSSR count).